The fraction of sp³-hybridized carbons (Fsp3) is 0.448. The summed E-state index contributed by atoms with van der Waals surface area (Å²) in [4.78, 5) is 0. The van der Waals surface area contributed by atoms with E-state index in [0.29, 0.717) is 29.7 Å². The maximum atomic E-state index is 15.2. The van der Waals surface area contributed by atoms with Crippen LogP contribution < -0.4 is 0 Å². The van der Waals surface area contributed by atoms with Crippen molar-refractivity contribution in [2.75, 3.05) is 0 Å². The number of hydrogen-bond donors (Lipinski definition) is 0. The van der Waals surface area contributed by atoms with Gasteiger partial charge in [0.2, 0.25) is 0 Å². The lowest BCUT2D eigenvalue weighted by atomic mass is 9.64. The minimum absolute atomic E-state index is 0.000400. The van der Waals surface area contributed by atoms with Crippen LogP contribution in [0.2, 0.25) is 0 Å². The quantitative estimate of drug-likeness (QED) is 0.395. The van der Waals surface area contributed by atoms with E-state index in [1.165, 1.54) is 25.3 Å². The molecule has 2 fully saturated rings. The second-order valence-electron chi connectivity index (χ2n) is 9.60. The van der Waals surface area contributed by atoms with Crippen molar-refractivity contribution in [3.63, 3.8) is 0 Å². The zero-order valence-electron chi connectivity index (χ0n) is 18.9. The largest absolute Gasteiger partial charge is 0.206 e. The van der Waals surface area contributed by atoms with Crippen molar-refractivity contribution >= 4 is 0 Å². The van der Waals surface area contributed by atoms with Gasteiger partial charge in [0.05, 0.1) is 0 Å². The summed E-state index contributed by atoms with van der Waals surface area (Å²) in [5, 5.41) is 0. The predicted molar refractivity (Wildman–Crippen MR) is 126 cm³/mol. The highest BCUT2D eigenvalue weighted by Crippen LogP contribution is 2.48. The van der Waals surface area contributed by atoms with Gasteiger partial charge in [-0.15, -0.1) is 6.58 Å². The first-order valence-electron chi connectivity index (χ1n) is 12.0. The molecule has 4 rings (SSSR count). The number of halogens is 3. The topological polar surface area (TPSA) is 0 Å². The highest BCUT2D eigenvalue weighted by Gasteiger charge is 2.36. The van der Waals surface area contributed by atoms with Gasteiger partial charge in [0.1, 0.15) is 5.82 Å². The summed E-state index contributed by atoms with van der Waals surface area (Å²) in [7, 11) is 0. The molecule has 0 saturated heterocycles. The second-order valence-corrected chi connectivity index (χ2v) is 9.60. The number of benzene rings is 2. The van der Waals surface area contributed by atoms with Crippen molar-refractivity contribution in [3.05, 3.63) is 83.7 Å². The molecule has 2 aromatic rings. The molecule has 2 saturated carbocycles. The van der Waals surface area contributed by atoms with Gasteiger partial charge in [-0.3, -0.25) is 0 Å². The number of allylic oxidation sites excluding steroid dienone is 3. The van der Waals surface area contributed by atoms with E-state index < -0.39 is 17.5 Å². The van der Waals surface area contributed by atoms with Crippen molar-refractivity contribution < 1.29 is 13.2 Å². The standard InChI is InChI=1S/C29H33F3/c1-3-5-7-20-9-13-25(27(30)17-20)26-15-14-24(28(31)29(26)32)23-12-11-21-16-19(6-4-2)8-10-22(21)18-23/h3-4,6,9,13-15,17,19,21-23H,1,5,7-8,10-12,16,18H2,2H3/b6-4+. The molecular formula is C29H33F3. The van der Waals surface area contributed by atoms with E-state index in [2.05, 4.69) is 25.7 Å². The number of aryl methyl sites for hydroxylation is 1. The average Bonchev–Trinajstić information content (AvgIpc) is 2.80. The smallest absolute Gasteiger partial charge is 0.167 e. The molecule has 0 amide bonds. The summed E-state index contributed by atoms with van der Waals surface area (Å²) in [6.45, 7) is 5.75. The molecule has 0 spiro atoms. The molecule has 0 N–H and O–H groups in total. The molecule has 0 heterocycles. The molecule has 0 aromatic heterocycles. The Morgan fingerprint density at radius 3 is 2.41 bits per heavy atom. The van der Waals surface area contributed by atoms with E-state index in [4.69, 9.17) is 0 Å². The molecular weight excluding hydrogens is 405 g/mol. The van der Waals surface area contributed by atoms with Crippen LogP contribution in [0.3, 0.4) is 0 Å². The van der Waals surface area contributed by atoms with E-state index in [1.54, 1.807) is 30.3 Å². The first kappa shape index (κ1) is 22.9. The Kier molecular flexibility index (Phi) is 7.23. The molecule has 0 nitrogen and oxygen atoms in total. The third-order valence-corrected chi connectivity index (χ3v) is 7.63. The molecule has 2 aromatic carbocycles. The van der Waals surface area contributed by atoms with Crippen LogP contribution in [0, 0.1) is 35.2 Å². The van der Waals surface area contributed by atoms with Gasteiger partial charge in [-0.2, -0.15) is 0 Å². The Hall–Kier alpha value is -2.29. The Bertz CT molecular complexity index is 990. The summed E-state index contributed by atoms with van der Waals surface area (Å²) < 4.78 is 45.0. The Morgan fingerprint density at radius 2 is 1.66 bits per heavy atom. The van der Waals surface area contributed by atoms with E-state index >= 15 is 8.78 Å². The highest BCUT2D eigenvalue weighted by molar-refractivity contribution is 5.66. The first-order valence-corrected chi connectivity index (χ1v) is 12.0. The molecule has 2 aliphatic rings. The average molecular weight is 439 g/mol. The van der Waals surface area contributed by atoms with Crippen molar-refractivity contribution in [2.24, 2.45) is 17.8 Å². The Balaban J connectivity index is 1.52. The van der Waals surface area contributed by atoms with Crippen LogP contribution >= 0.6 is 0 Å². The van der Waals surface area contributed by atoms with Crippen LogP contribution in [-0.4, -0.2) is 0 Å². The van der Waals surface area contributed by atoms with Crippen molar-refractivity contribution in [3.8, 4) is 11.1 Å². The summed E-state index contributed by atoms with van der Waals surface area (Å²) in [5.41, 5.74) is 1.40. The van der Waals surface area contributed by atoms with Crippen LogP contribution in [0.1, 0.15) is 68.9 Å². The molecule has 32 heavy (non-hydrogen) atoms. The van der Waals surface area contributed by atoms with Gasteiger partial charge in [0, 0.05) is 11.1 Å². The molecule has 0 aliphatic heterocycles. The van der Waals surface area contributed by atoms with Crippen LogP contribution in [0.4, 0.5) is 13.2 Å². The van der Waals surface area contributed by atoms with Gasteiger partial charge >= 0.3 is 0 Å². The summed E-state index contributed by atoms with van der Waals surface area (Å²) in [6, 6.07) is 7.99. The molecule has 0 bridgehead atoms. The second kappa shape index (κ2) is 10.1. The number of fused-ring (bicyclic) bond motifs is 1. The lowest BCUT2D eigenvalue weighted by Crippen LogP contribution is -2.30. The third-order valence-electron chi connectivity index (χ3n) is 7.63. The van der Waals surface area contributed by atoms with Gasteiger partial charge in [0.25, 0.3) is 0 Å². The van der Waals surface area contributed by atoms with Crippen LogP contribution in [0.25, 0.3) is 11.1 Å². The maximum absolute atomic E-state index is 15.2. The highest BCUT2D eigenvalue weighted by atomic mass is 19.2. The molecule has 4 unspecified atom stereocenters. The van der Waals surface area contributed by atoms with Gasteiger partial charge in [-0.05, 0) is 99.2 Å². The fourth-order valence-corrected chi connectivity index (χ4v) is 5.94. The summed E-state index contributed by atoms with van der Waals surface area (Å²) >= 11 is 0. The summed E-state index contributed by atoms with van der Waals surface area (Å²) in [5.74, 6) is -0.243. The normalized spacial score (nSPS) is 25.6. The molecule has 3 heteroatoms. The molecule has 4 atom stereocenters. The van der Waals surface area contributed by atoms with Crippen molar-refractivity contribution in [1.82, 2.24) is 0 Å². The minimum atomic E-state index is -0.931. The fourth-order valence-electron chi connectivity index (χ4n) is 5.94. The van der Waals surface area contributed by atoms with Gasteiger partial charge in [-0.25, -0.2) is 13.2 Å². The monoisotopic (exact) mass is 438 g/mol. The van der Waals surface area contributed by atoms with Gasteiger partial charge in [0.15, 0.2) is 11.6 Å². The van der Waals surface area contributed by atoms with E-state index in [-0.39, 0.29) is 17.0 Å². The SMILES string of the molecule is C=CCCc1ccc(-c2ccc(C3CCC4CC(/C=C/C)CCC4C3)c(F)c2F)c(F)c1. The van der Waals surface area contributed by atoms with Crippen LogP contribution in [-0.2, 0) is 6.42 Å². The molecule has 2 aliphatic carbocycles. The van der Waals surface area contributed by atoms with Crippen molar-refractivity contribution in [2.45, 2.75) is 64.2 Å². The minimum Gasteiger partial charge on any atom is -0.206 e. The maximum Gasteiger partial charge on any atom is 0.167 e. The molecule has 0 radical (unpaired) electrons. The zero-order chi connectivity index (χ0) is 22.7. The van der Waals surface area contributed by atoms with Crippen LogP contribution in [0.15, 0.2) is 55.1 Å². The predicted octanol–water partition coefficient (Wildman–Crippen LogP) is 8.77. The van der Waals surface area contributed by atoms with Gasteiger partial charge in [-0.1, -0.05) is 42.5 Å². The van der Waals surface area contributed by atoms with E-state index in [0.717, 1.165) is 31.2 Å². The number of rotatable bonds is 6. The third kappa shape index (κ3) is 4.72. The first-order chi connectivity index (χ1) is 15.5. The Morgan fingerprint density at radius 1 is 0.906 bits per heavy atom. The van der Waals surface area contributed by atoms with E-state index in [9.17, 15) is 4.39 Å². The zero-order valence-corrected chi connectivity index (χ0v) is 18.9. The van der Waals surface area contributed by atoms with Crippen LogP contribution in [0.5, 0.6) is 0 Å². The lowest BCUT2D eigenvalue weighted by molar-refractivity contribution is 0.132. The lowest BCUT2D eigenvalue weighted by Gasteiger charge is -2.42. The Labute approximate surface area is 190 Å². The summed E-state index contributed by atoms with van der Waals surface area (Å²) in [6.07, 6.45) is 14.1. The number of hydrogen-bond acceptors (Lipinski definition) is 0. The van der Waals surface area contributed by atoms with E-state index in [1.807, 2.05) is 0 Å². The van der Waals surface area contributed by atoms with Crippen molar-refractivity contribution in [1.29, 1.82) is 0 Å². The molecule has 170 valence electrons. The van der Waals surface area contributed by atoms with Gasteiger partial charge < -0.3 is 0 Å².